The summed E-state index contributed by atoms with van der Waals surface area (Å²) in [6.45, 7) is 7.60. The van der Waals surface area contributed by atoms with Gasteiger partial charge in [-0.25, -0.2) is 4.79 Å². The zero-order chi connectivity index (χ0) is 17.1. The van der Waals surface area contributed by atoms with Crippen LogP contribution in [0.3, 0.4) is 0 Å². The van der Waals surface area contributed by atoms with Gasteiger partial charge in [-0.15, -0.1) is 23.5 Å². The summed E-state index contributed by atoms with van der Waals surface area (Å²) in [4.78, 5) is 26.3. The van der Waals surface area contributed by atoms with Gasteiger partial charge in [-0.05, 0) is 46.6 Å². The Bertz CT molecular complexity index is 476. The van der Waals surface area contributed by atoms with E-state index in [2.05, 4.69) is 0 Å². The number of ether oxygens (including phenoxy) is 1. The SMILES string of the molecule is CSC(SC)=C1CC(C)(N(C)C(=O)OC(C)(C)C)CCC1=O. The average molecular weight is 346 g/mol. The van der Waals surface area contributed by atoms with Crippen LogP contribution < -0.4 is 0 Å². The second kappa shape index (κ2) is 7.30. The van der Waals surface area contributed by atoms with Crippen molar-refractivity contribution in [1.82, 2.24) is 4.90 Å². The van der Waals surface area contributed by atoms with Crippen LogP contribution in [0.5, 0.6) is 0 Å². The summed E-state index contributed by atoms with van der Waals surface area (Å²) in [6, 6.07) is 0. The van der Waals surface area contributed by atoms with Crippen LogP contribution in [0.2, 0.25) is 0 Å². The molecule has 0 aromatic rings. The van der Waals surface area contributed by atoms with Crippen molar-refractivity contribution in [2.24, 2.45) is 0 Å². The van der Waals surface area contributed by atoms with E-state index in [-0.39, 0.29) is 17.4 Å². The molecule has 6 heteroatoms. The molecule has 0 aromatic heterocycles. The van der Waals surface area contributed by atoms with Crippen LogP contribution in [0.25, 0.3) is 0 Å². The Hall–Kier alpha value is -0.620. The van der Waals surface area contributed by atoms with Crippen LogP contribution in [0.15, 0.2) is 9.81 Å². The van der Waals surface area contributed by atoms with Crippen LogP contribution in [-0.2, 0) is 9.53 Å². The summed E-state index contributed by atoms with van der Waals surface area (Å²) < 4.78 is 6.52. The van der Waals surface area contributed by atoms with E-state index in [1.807, 2.05) is 40.2 Å². The van der Waals surface area contributed by atoms with E-state index in [1.54, 1.807) is 35.5 Å². The third kappa shape index (κ3) is 4.69. The largest absolute Gasteiger partial charge is 0.444 e. The number of amides is 1. The number of carbonyl (C=O) groups excluding carboxylic acids is 2. The summed E-state index contributed by atoms with van der Waals surface area (Å²) in [6.07, 6.45) is 5.35. The number of nitrogens with zero attached hydrogens (tertiary/aromatic N) is 1. The van der Waals surface area contributed by atoms with Crippen LogP contribution in [-0.4, -0.2) is 47.5 Å². The Morgan fingerprint density at radius 3 is 2.27 bits per heavy atom. The van der Waals surface area contributed by atoms with Gasteiger partial charge in [0.1, 0.15) is 5.60 Å². The van der Waals surface area contributed by atoms with Crippen molar-refractivity contribution in [3.63, 3.8) is 0 Å². The lowest BCUT2D eigenvalue weighted by Crippen LogP contribution is -2.51. The minimum absolute atomic E-state index is 0.203. The second-order valence-corrected chi connectivity index (χ2v) is 8.70. The van der Waals surface area contributed by atoms with Crippen LogP contribution in [0.4, 0.5) is 4.79 Å². The zero-order valence-corrected chi connectivity index (χ0v) is 16.2. The summed E-state index contributed by atoms with van der Waals surface area (Å²) >= 11 is 3.20. The van der Waals surface area contributed by atoms with E-state index in [0.717, 1.165) is 9.81 Å². The van der Waals surface area contributed by atoms with Crippen molar-refractivity contribution in [2.75, 3.05) is 19.6 Å². The Morgan fingerprint density at radius 2 is 1.82 bits per heavy atom. The molecule has 1 aliphatic carbocycles. The molecular weight excluding hydrogens is 318 g/mol. The second-order valence-electron chi connectivity index (χ2n) is 6.81. The highest BCUT2D eigenvalue weighted by Crippen LogP contribution is 2.40. The average Bonchev–Trinajstić information content (AvgIpc) is 2.41. The van der Waals surface area contributed by atoms with E-state index in [1.165, 1.54) is 0 Å². The number of rotatable bonds is 3. The lowest BCUT2D eigenvalue weighted by Gasteiger charge is -2.42. The molecule has 0 spiro atoms. The maximum absolute atomic E-state index is 12.4. The summed E-state index contributed by atoms with van der Waals surface area (Å²) in [5, 5.41) is 0. The Labute approximate surface area is 142 Å². The van der Waals surface area contributed by atoms with E-state index < -0.39 is 5.60 Å². The lowest BCUT2D eigenvalue weighted by atomic mass is 9.79. The molecular formula is C16H27NO3S2. The number of ketones is 1. The number of thioether (sulfide) groups is 2. The van der Waals surface area contributed by atoms with Crippen LogP contribution in [0, 0.1) is 0 Å². The van der Waals surface area contributed by atoms with Gasteiger partial charge in [0, 0.05) is 35.2 Å². The molecule has 0 radical (unpaired) electrons. The molecule has 0 aliphatic heterocycles. The normalized spacial score (nSPS) is 22.5. The number of hydrogen-bond donors (Lipinski definition) is 0. The van der Waals surface area contributed by atoms with Crippen molar-refractivity contribution in [3.05, 3.63) is 9.81 Å². The van der Waals surface area contributed by atoms with Crippen LogP contribution >= 0.6 is 23.5 Å². The molecule has 1 atom stereocenters. The molecule has 1 amide bonds. The fourth-order valence-corrected chi connectivity index (χ4v) is 3.99. The fraction of sp³-hybridized carbons (Fsp3) is 0.750. The molecule has 0 N–H and O–H groups in total. The van der Waals surface area contributed by atoms with Crippen molar-refractivity contribution in [1.29, 1.82) is 0 Å². The number of Topliss-reactive ketones (excluding diaryl/α,β-unsaturated/α-hetero) is 1. The molecule has 4 nitrogen and oxygen atoms in total. The van der Waals surface area contributed by atoms with Crippen molar-refractivity contribution in [2.45, 2.75) is 58.1 Å². The highest BCUT2D eigenvalue weighted by atomic mass is 32.2. The first-order valence-corrected chi connectivity index (χ1v) is 9.80. The molecule has 1 saturated carbocycles. The van der Waals surface area contributed by atoms with Gasteiger partial charge < -0.3 is 9.64 Å². The first kappa shape index (κ1) is 19.4. The van der Waals surface area contributed by atoms with Gasteiger partial charge in [0.2, 0.25) is 0 Å². The third-order valence-corrected chi connectivity index (χ3v) is 6.11. The Kier molecular flexibility index (Phi) is 6.45. The lowest BCUT2D eigenvalue weighted by molar-refractivity contribution is -0.118. The third-order valence-electron chi connectivity index (χ3n) is 3.88. The Balaban J connectivity index is 3.01. The standard InChI is InChI=1S/C16H27NO3S2/c1-15(2,3)20-14(19)17(5)16(4)9-8-12(18)11(10-16)13(21-6)22-7/h8-10H2,1-7H3. The molecule has 22 heavy (non-hydrogen) atoms. The molecule has 0 heterocycles. The van der Waals surface area contributed by atoms with E-state index in [9.17, 15) is 9.59 Å². The van der Waals surface area contributed by atoms with Crippen molar-refractivity contribution >= 4 is 35.4 Å². The first-order chi connectivity index (χ1) is 10.0. The van der Waals surface area contributed by atoms with Crippen LogP contribution in [0.1, 0.15) is 47.0 Å². The van der Waals surface area contributed by atoms with Gasteiger partial charge in [0.05, 0.1) is 0 Å². The molecule has 0 aromatic carbocycles. The topological polar surface area (TPSA) is 46.6 Å². The molecule has 1 unspecified atom stereocenters. The molecule has 1 aliphatic rings. The maximum atomic E-state index is 12.4. The summed E-state index contributed by atoms with van der Waals surface area (Å²) in [7, 11) is 1.76. The minimum Gasteiger partial charge on any atom is -0.444 e. The summed E-state index contributed by atoms with van der Waals surface area (Å²) in [5.74, 6) is 0.203. The molecule has 126 valence electrons. The van der Waals surface area contributed by atoms with Gasteiger partial charge >= 0.3 is 6.09 Å². The Morgan fingerprint density at radius 1 is 1.27 bits per heavy atom. The highest BCUT2D eigenvalue weighted by Gasteiger charge is 2.41. The van der Waals surface area contributed by atoms with Gasteiger partial charge in [0.15, 0.2) is 5.78 Å². The monoisotopic (exact) mass is 345 g/mol. The minimum atomic E-state index is -0.519. The predicted molar refractivity (Wildman–Crippen MR) is 95.3 cm³/mol. The zero-order valence-electron chi connectivity index (χ0n) is 14.6. The summed E-state index contributed by atoms with van der Waals surface area (Å²) in [5.41, 5.74) is -0.0548. The van der Waals surface area contributed by atoms with E-state index in [0.29, 0.717) is 19.3 Å². The number of carbonyl (C=O) groups is 2. The molecule has 0 bridgehead atoms. The molecule has 1 fully saturated rings. The molecule has 1 rings (SSSR count). The quantitative estimate of drug-likeness (QED) is 0.714. The van der Waals surface area contributed by atoms with Gasteiger partial charge in [-0.3, -0.25) is 4.79 Å². The fourth-order valence-electron chi connectivity index (χ4n) is 2.45. The smallest absolute Gasteiger partial charge is 0.410 e. The molecule has 0 saturated heterocycles. The van der Waals surface area contributed by atoms with E-state index >= 15 is 0 Å². The van der Waals surface area contributed by atoms with Gasteiger partial charge in [-0.2, -0.15) is 0 Å². The van der Waals surface area contributed by atoms with Gasteiger partial charge in [0.25, 0.3) is 0 Å². The van der Waals surface area contributed by atoms with Crippen molar-refractivity contribution < 1.29 is 14.3 Å². The predicted octanol–water partition coefficient (Wildman–Crippen LogP) is 4.30. The first-order valence-electron chi connectivity index (χ1n) is 7.35. The maximum Gasteiger partial charge on any atom is 0.410 e. The number of hydrogen-bond acceptors (Lipinski definition) is 5. The highest BCUT2D eigenvalue weighted by molar-refractivity contribution is 8.21. The van der Waals surface area contributed by atoms with E-state index in [4.69, 9.17) is 4.74 Å². The van der Waals surface area contributed by atoms with Crippen molar-refractivity contribution in [3.8, 4) is 0 Å². The van der Waals surface area contributed by atoms with Gasteiger partial charge in [-0.1, -0.05) is 0 Å².